The Hall–Kier alpha value is -4.79. The van der Waals surface area contributed by atoms with Gasteiger partial charge in [0.05, 0.1) is 11.1 Å². The van der Waals surface area contributed by atoms with Gasteiger partial charge < -0.3 is 15.4 Å². The van der Waals surface area contributed by atoms with Gasteiger partial charge in [-0.05, 0) is 48.9 Å². The predicted molar refractivity (Wildman–Crippen MR) is 130 cm³/mol. The van der Waals surface area contributed by atoms with Crippen molar-refractivity contribution in [3.63, 3.8) is 0 Å². The Bertz CT molecular complexity index is 1350. The number of ether oxygens (including phenoxy) is 1. The molecule has 9 heteroatoms. The standard InChI is InChI=1S/C27H23N3O6/c1-16(30-26(34)21-11-4-5-12-22(21)27(30)35)24(32)28-15-19-8-3-6-13-23(19)29-25(33)18-9-7-10-20(14-18)36-17(2)31/h3-14,16H,15H2,1-2H3,(H,28,32)(H,29,33). The maximum absolute atomic E-state index is 12.8. The molecule has 0 saturated heterocycles. The van der Waals surface area contributed by atoms with Gasteiger partial charge in [0.1, 0.15) is 11.8 Å². The Labute approximate surface area is 207 Å². The molecule has 182 valence electrons. The van der Waals surface area contributed by atoms with Gasteiger partial charge in [-0.3, -0.25) is 28.9 Å². The van der Waals surface area contributed by atoms with E-state index < -0.39 is 35.6 Å². The van der Waals surface area contributed by atoms with Gasteiger partial charge in [-0.2, -0.15) is 0 Å². The second-order valence-electron chi connectivity index (χ2n) is 8.15. The van der Waals surface area contributed by atoms with E-state index in [1.54, 1.807) is 66.7 Å². The number of benzene rings is 3. The second-order valence-corrected chi connectivity index (χ2v) is 8.15. The predicted octanol–water partition coefficient (Wildman–Crippen LogP) is 3.17. The summed E-state index contributed by atoms with van der Waals surface area (Å²) < 4.78 is 5.03. The molecule has 0 aliphatic carbocycles. The highest BCUT2D eigenvalue weighted by molar-refractivity contribution is 6.22. The van der Waals surface area contributed by atoms with Crippen LogP contribution >= 0.6 is 0 Å². The molecule has 3 aromatic carbocycles. The number of carbonyl (C=O) groups excluding carboxylic acids is 5. The van der Waals surface area contributed by atoms with Gasteiger partial charge in [0, 0.05) is 24.7 Å². The second kappa shape index (κ2) is 10.2. The van der Waals surface area contributed by atoms with Crippen molar-refractivity contribution in [2.24, 2.45) is 0 Å². The molecule has 9 nitrogen and oxygen atoms in total. The smallest absolute Gasteiger partial charge is 0.308 e. The van der Waals surface area contributed by atoms with Crippen molar-refractivity contribution in [1.82, 2.24) is 10.2 Å². The Kier molecular flexibility index (Phi) is 6.91. The number of carbonyl (C=O) groups is 5. The molecule has 4 amide bonds. The minimum absolute atomic E-state index is 0.0519. The highest BCUT2D eigenvalue weighted by atomic mass is 16.5. The van der Waals surface area contributed by atoms with Crippen LogP contribution in [0.15, 0.2) is 72.8 Å². The van der Waals surface area contributed by atoms with Crippen molar-refractivity contribution >= 4 is 35.3 Å². The Morgan fingerprint density at radius 3 is 2.19 bits per heavy atom. The molecule has 0 radical (unpaired) electrons. The van der Waals surface area contributed by atoms with E-state index >= 15 is 0 Å². The number of esters is 1. The van der Waals surface area contributed by atoms with Gasteiger partial charge in [0.2, 0.25) is 5.91 Å². The molecule has 3 aromatic rings. The lowest BCUT2D eigenvalue weighted by Gasteiger charge is -2.22. The number of amides is 4. The molecule has 0 spiro atoms. The molecule has 2 N–H and O–H groups in total. The third-order valence-electron chi connectivity index (χ3n) is 5.67. The summed E-state index contributed by atoms with van der Waals surface area (Å²) >= 11 is 0. The summed E-state index contributed by atoms with van der Waals surface area (Å²) in [6.07, 6.45) is 0. The SMILES string of the molecule is CC(=O)Oc1cccc(C(=O)Nc2ccccc2CNC(=O)C(C)N2C(=O)c3ccccc3C2=O)c1. The Morgan fingerprint density at radius 2 is 1.53 bits per heavy atom. The van der Waals surface area contributed by atoms with Crippen LogP contribution in [0, 0.1) is 0 Å². The average molecular weight is 485 g/mol. The normalized spacial score (nSPS) is 13.1. The number of fused-ring (bicyclic) bond motifs is 1. The van der Waals surface area contributed by atoms with Gasteiger partial charge in [-0.25, -0.2) is 0 Å². The van der Waals surface area contributed by atoms with E-state index in [2.05, 4.69) is 10.6 Å². The maximum atomic E-state index is 12.8. The van der Waals surface area contributed by atoms with E-state index in [1.807, 2.05) is 0 Å². The third-order valence-corrected chi connectivity index (χ3v) is 5.67. The van der Waals surface area contributed by atoms with Gasteiger partial charge in [0.25, 0.3) is 17.7 Å². The van der Waals surface area contributed by atoms with Crippen LogP contribution < -0.4 is 15.4 Å². The quantitative estimate of drug-likeness (QED) is 0.301. The van der Waals surface area contributed by atoms with Crippen molar-refractivity contribution in [2.45, 2.75) is 26.4 Å². The van der Waals surface area contributed by atoms with Crippen LogP contribution in [-0.4, -0.2) is 40.5 Å². The summed E-state index contributed by atoms with van der Waals surface area (Å²) in [5.74, 6) is -2.22. The summed E-state index contributed by atoms with van der Waals surface area (Å²) in [5.41, 5.74) is 1.91. The van der Waals surface area contributed by atoms with E-state index in [1.165, 1.54) is 19.9 Å². The van der Waals surface area contributed by atoms with Crippen molar-refractivity contribution < 1.29 is 28.7 Å². The lowest BCUT2D eigenvalue weighted by molar-refractivity contribution is -0.132. The molecule has 4 rings (SSSR count). The number of para-hydroxylation sites is 1. The molecule has 1 atom stereocenters. The van der Waals surface area contributed by atoms with Gasteiger partial charge in [-0.15, -0.1) is 0 Å². The summed E-state index contributed by atoms with van der Waals surface area (Å²) in [5, 5.41) is 5.53. The lowest BCUT2D eigenvalue weighted by atomic mass is 10.1. The van der Waals surface area contributed by atoms with Crippen LogP contribution in [0.1, 0.15) is 50.5 Å². The molecule has 1 aliphatic rings. The lowest BCUT2D eigenvalue weighted by Crippen LogP contribution is -2.47. The monoisotopic (exact) mass is 485 g/mol. The molecular formula is C27H23N3O6. The topological polar surface area (TPSA) is 122 Å². The van der Waals surface area contributed by atoms with Crippen LogP contribution in [0.5, 0.6) is 5.75 Å². The van der Waals surface area contributed by atoms with Crippen molar-refractivity contribution in [1.29, 1.82) is 0 Å². The van der Waals surface area contributed by atoms with Gasteiger partial charge in [-0.1, -0.05) is 36.4 Å². The van der Waals surface area contributed by atoms with Crippen molar-refractivity contribution in [3.8, 4) is 5.75 Å². The van der Waals surface area contributed by atoms with Crippen LogP contribution in [0.4, 0.5) is 5.69 Å². The molecule has 1 aliphatic heterocycles. The van der Waals surface area contributed by atoms with Crippen LogP contribution in [-0.2, 0) is 16.1 Å². The Balaban J connectivity index is 1.42. The van der Waals surface area contributed by atoms with E-state index in [4.69, 9.17) is 4.74 Å². The van der Waals surface area contributed by atoms with Crippen LogP contribution in [0.3, 0.4) is 0 Å². The third kappa shape index (κ3) is 5.00. The van der Waals surface area contributed by atoms with Gasteiger partial charge in [0.15, 0.2) is 0 Å². The molecule has 36 heavy (non-hydrogen) atoms. The van der Waals surface area contributed by atoms with E-state index in [0.717, 1.165) is 4.90 Å². The molecule has 0 saturated carbocycles. The Morgan fingerprint density at radius 1 is 0.889 bits per heavy atom. The zero-order valence-electron chi connectivity index (χ0n) is 19.6. The number of nitrogens with zero attached hydrogens (tertiary/aromatic N) is 1. The fourth-order valence-electron chi connectivity index (χ4n) is 3.86. The number of imide groups is 1. The first-order valence-electron chi connectivity index (χ1n) is 11.2. The average Bonchev–Trinajstić information content (AvgIpc) is 3.12. The van der Waals surface area contributed by atoms with E-state index in [0.29, 0.717) is 11.3 Å². The first kappa shape index (κ1) is 24.3. The minimum atomic E-state index is -1.02. The summed E-state index contributed by atoms with van der Waals surface area (Å²) in [7, 11) is 0. The van der Waals surface area contributed by atoms with Gasteiger partial charge >= 0.3 is 5.97 Å². The minimum Gasteiger partial charge on any atom is -0.427 e. The molecule has 1 heterocycles. The highest BCUT2D eigenvalue weighted by Crippen LogP contribution is 2.25. The van der Waals surface area contributed by atoms with E-state index in [9.17, 15) is 24.0 Å². The fraction of sp³-hybridized carbons (Fsp3) is 0.148. The van der Waals surface area contributed by atoms with Crippen LogP contribution in [0.25, 0.3) is 0 Å². The van der Waals surface area contributed by atoms with E-state index in [-0.39, 0.29) is 29.0 Å². The molecule has 0 aromatic heterocycles. The first-order chi connectivity index (χ1) is 17.3. The largest absolute Gasteiger partial charge is 0.427 e. The molecule has 0 bridgehead atoms. The zero-order valence-corrected chi connectivity index (χ0v) is 19.6. The number of hydrogen-bond donors (Lipinski definition) is 2. The number of nitrogens with one attached hydrogen (secondary N) is 2. The number of hydrogen-bond acceptors (Lipinski definition) is 6. The number of anilines is 1. The number of rotatable bonds is 7. The zero-order chi connectivity index (χ0) is 25.8. The molecule has 1 unspecified atom stereocenters. The highest BCUT2D eigenvalue weighted by Gasteiger charge is 2.40. The fourth-order valence-corrected chi connectivity index (χ4v) is 3.86. The van der Waals surface area contributed by atoms with Crippen molar-refractivity contribution in [3.05, 3.63) is 95.1 Å². The summed E-state index contributed by atoms with van der Waals surface area (Å²) in [4.78, 5) is 63.1. The first-order valence-corrected chi connectivity index (χ1v) is 11.2. The molecule has 0 fully saturated rings. The maximum Gasteiger partial charge on any atom is 0.308 e. The molecular weight excluding hydrogens is 462 g/mol. The summed E-state index contributed by atoms with van der Waals surface area (Å²) in [6, 6.07) is 18.5. The summed E-state index contributed by atoms with van der Waals surface area (Å²) in [6.45, 7) is 2.81. The van der Waals surface area contributed by atoms with Crippen molar-refractivity contribution in [2.75, 3.05) is 5.32 Å². The van der Waals surface area contributed by atoms with Crippen LogP contribution in [0.2, 0.25) is 0 Å².